The lowest BCUT2D eigenvalue weighted by Crippen LogP contribution is -2.24. The van der Waals surface area contributed by atoms with E-state index in [0.717, 1.165) is 44.2 Å². The van der Waals surface area contributed by atoms with Gasteiger partial charge in [0.15, 0.2) is 0 Å². The second-order valence-corrected chi connectivity index (χ2v) is 7.30. The Kier molecular flexibility index (Phi) is 9.65. The number of benzene rings is 2. The van der Waals surface area contributed by atoms with Crippen molar-refractivity contribution in [1.29, 1.82) is 0 Å². The molecule has 0 saturated heterocycles. The Bertz CT molecular complexity index is 841. The summed E-state index contributed by atoms with van der Waals surface area (Å²) in [6.45, 7) is 1.07. The topological polar surface area (TPSA) is 67.4 Å². The van der Waals surface area contributed by atoms with E-state index in [1.807, 2.05) is 0 Å². The summed E-state index contributed by atoms with van der Waals surface area (Å²) in [5, 5.41) is 6.18. The Morgan fingerprint density at radius 3 is 1.61 bits per heavy atom. The molecule has 2 amide bonds. The van der Waals surface area contributed by atoms with Crippen LogP contribution in [0.25, 0.3) is 0 Å². The van der Waals surface area contributed by atoms with Gasteiger partial charge in [-0.25, -0.2) is 0 Å². The largest absolute Gasteiger partial charge is 0.573 e. The molecule has 0 aliphatic heterocycles. The van der Waals surface area contributed by atoms with Crippen molar-refractivity contribution in [1.82, 2.24) is 10.6 Å². The van der Waals surface area contributed by atoms with Gasteiger partial charge in [0.2, 0.25) is 0 Å². The van der Waals surface area contributed by atoms with Gasteiger partial charge >= 0.3 is 6.36 Å². The quantitative estimate of drug-likeness (QED) is 0.448. The zero-order valence-electron chi connectivity index (χ0n) is 16.8. The molecule has 31 heavy (non-hydrogen) atoms. The molecule has 0 aliphatic carbocycles. The number of nitrogens with one attached hydrogen (secondary N) is 2. The smallest absolute Gasteiger partial charge is 0.406 e. The minimum Gasteiger partial charge on any atom is -0.406 e. The Balaban J connectivity index is 1.51. The molecule has 0 saturated carbocycles. The van der Waals surface area contributed by atoms with E-state index in [2.05, 4.69) is 15.4 Å². The van der Waals surface area contributed by atoms with Crippen molar-refractivity contribution in [2.75, 3.05) is 13.1 Å². The molecule has 5 nitrogen and oxygen atoms in total. The molecule has 9 heteroatoms. The third kappa shape index (κ3) is 9.74. The summed E-state index contributed by atoms with van der Waals surface area (Å²) in [6, 6.07) is 11.5. The zero-order chi connectivity index (χ0) is 22.7. The molecule has 0 heterocycles. The van der Waals surface area contributed by atoms with Gasteiger partial charge in [-0.3, -0.25) is 9.59 Å². The lowest BCUT2D eigenvalue weighted by Gasteiger charge is -2.09. The van der Waals surface area contributed by atoms with Crippen molar-refractivity contribution >= 4 is 23.4 Å². The number of rotatable bonds is 11. The lowest BCUT2D eigenvalue weighted by molar-refractivity contribution is -0.274. The van der Waals surface area contributed by atoms with Gasteiger partial charge < -0.3 is 15.4 Å². The van der Waals surface area contributed by atoms with E-state index in [-0.39, 0.29) is 23.1 Å². The number of ether oxygens (including phenoxy) is 1. The number of carbonyl (C=O) groups excluding carboxylic acids is 2. The van der Waals surface area contributed by atoms with Crippen LogP contribution in [0.15, 0.2) is 48.5 Å². The zero-order valence-corrected chi connectivity index (χ0v) is 17.6. The normalized spacial score (nSPS) is 11.1. The van der Waals surface area contributed by atoms with Crippen LogP contribution < -0.4 is 15.4 Å². The van der Waals surface area contributed by atoms with Gasteiger partial charge in [0.25, 0.3) is 11.8 Å². The van der Waals surface area contributed by atoms with Crippen LogP contribution in [0.5, 0.6) is 5.75 Å². The maximum Gasteiger partial charge on any atom is 0.573 e. The predicted octanol–water partition coefficient (Wildman–Crippen LogP) is 5.35. The first-order chi connectivity index (χ1) is 14.7. The van der Waals surface area contributed by atoms with Crippen LogP contribution in [-0.2, 0) is 0 Å². The number of alkyl halides is 3. The van der Waals surface area contributed by atoms with Crippen molar-refractivity contribution in [3.8, 4) is 5.75 Å². The highest BCUT2D eigenvalue weighted by atomic mass is 35.5. The predicted molar refractivity (Wildman–Crippen MR) is 112 cm³/mol. The Hall–Kier alpha value is -2.74. The van der Waals surface area contributed by atoms with Crippen LogP contribution >= 0.6 is 11.6 Å². The average Bonchev–Trinajstić information content (AvgIpc) is 2.72. The summed E-state index contributed by atoms with van der Waals surface area (Å²) < 4.78 is 40.2. The lowest BCUT2D eigenvalue weighted by atomic mass is 10.1. The summed E-state index contributed by atoms with van der Waals surface area (Å²) in [5.74, 6) is -0.839. The monoisotopic (exact) mass is 456 g/mol. The van der Waals surface area contributed by atoms with E-state index in [1.54, 1.807) is 24.3 Å². The molecule has 0 spiro atoms. The highest BCUT2D eigenvalue weighted by Crippen LogP contribution is 2.22. The van der Waals surface area contributed by atoms with Crippen LogP contribution in [0, 0.1) is 0 Å². The molecular formula is C22H24ClF3N2O3. The number of unbranched alkanes of at least 4 members (excludes halogenated alkanes) is 4. The maximum atomic E-state index is 12.1. The second-order valence-electron chi connectivity index (χ2n) is 6.86. The third-order valence-corrected chi connectivity index (χ3v) is 4.63. The summed E-state index contributed by atoms with van der Waals surface area (Å²) in [4.78, 5) is 23.9. The molecule has 0 aromatic heterocycles. The molecule has 2 aromatic carbocycles. The van der Waals surface area contributed by atoms with E-state index in [4.69, 9.17) is 11.6 Å². The molecule has 0 fully saturated rings. The van der Waals surface area contributed by atoms with Crippen molar-refractivity contribution in [3.63, 3.8) is 0 Å². The van der Waals surface area contributed by atoms with E-state index >= 15 is 0 Å². The maximum absolute atomic E-state index is 12.1. The fraction of sp³-hybridized carbons (Fsp3) is 0.364. The first kappa shape index (κ1) is 24.5. The van der Waals surface area contributed by atoms with Gasteiger partial charge in [-0.2, -0.15) is 0 Å². The molecular weight excluding hydrogens is 433 g/mol. The highest BCUT2D eigenvalue weighted by molar-refractivity contribution is 6.30. The molecule has 0 bridgehead atoms. The fourth-order valence-electron chi connectivity index (χ4n) is 2.80. The Morgan fingerprint density at radius 2 is 1.16 bits per heavy atom. The molecule has 0 aliphatic rings. The fourth-order valence-corrected chi connectivity index (χ4v) is 2.92. The van der Waals surface area contributed by atoms with Crippen molar-refractivity contribution < 1.29 is 27.5 Å². The summed E-state index contributed by atoms with van der Waals surface area (Å²) >= 11 is 5.79. The van der Waals surface area contributed by atoms with Crippen molar-refractivity contribution in [3.05, 3.63) is 64.7 Å². The molecule has 2 aromatic rings. The molecule has 168 valence electrons. The summed E-state index contributed by atoms with van der Waals surface area (Å²) in [6.07, 6.45) is -0.266. The molecule has 2 rings (SSSR count). The van der Waals surface area contributed by atoms with Crippen molar-refractivity contribution in [2.24, 2.45) is 0 Å². The minimum absolute atomic E-state index is 0.127. The SMILES string of the molecule is O=C(NCCCCCCCNC(=O)c1ccc(OC(F)(F)F)cc1)c1ccc(Cl)cc1. The third-order valence-electron chi connectivity index (χ3n) is 4.38. The molecule has 0 radical (unpaired) electrons. The van der Waals surface area contributed by atoms with Gasteiger partial charge in [0.1, 0.15) is 5.75 Å². The number of amides is 2. The molecule has 2 N–H and O–H groups in total. The first-order valence-electron chi connectivity index (χ1n) is 9.92. The van der Waals surface area contributed by atoms with Crippen LogP contribution in [0.3, 0.4) is 0 Å². The van der Waals surface area contributed by atoms with Gasteiger partial charge in [0, 0.05) is 29.2 Å². The van der Waals surface area contributed by atoms with E-state index in [1.165, 1.54) is 12.1 Å². The average molecular weight is 457 g/mol. The van der Waals surface area contributed by atoms with Crippen LogP contribution in [0.2, 0.25) is 5.02 Å². The van der Waals surface area contributed by atoms with Gasteiger partial charge in [-0.15, -0.1) is 13.2 Å². The van der Waals surface area contributed by atoms with Gasteiger partial charge in [0.05, 0.1) is 0 Å². The number of hydrogen-bond acceptors (Lipinski definition) is 3. The summed E-state index contributed by atoms with van der Waals surface area (Å²) in [5.41, 5.74) is 0.841. The number of carbonyl (C=O) groups is 2. The first-order valence-corrected chi connectivity index (χ1v) is 10.3. The van der Waals surface area contributed by atoms with E-state index < -0.39 is 6.36 Å². The second kappa shape index (κ2) is 12.2. The number of hydrogen-bond donors (Lipinski definition) is 2. The van der Waals surface area contributed by atoms with Crippen LogP contribution in [0.4, 0.5) is 13.2 Å². The van der Waals surface area contributed by atoms with E-state index in [0.29, 0.717) is 23.7 Å². The van der Waals surface area contributed by atoms with Crippen molar-refractivity contribution in [2.45, 2.75) is 38.5 Å². The summed E-state index contributed by atoms with van der Waals surface area (Å²) in [7, 11) is 0. The highest BCUT2D eigenvalue weighted by Gasteiger charge is 2.31. The van der Waals surface area contributed by atoms with Gasteiger partial charge in [-0.1, -0.05) is 30.9 Å². The van der Waals surface area contributed by atoms with E-state index in [9.17, 15) is 22.8 Å². The Labute approximate surface area is 183 Å². The number of halogens is 4. The minimum atomic E-state index is -4.76. The van der Waals surface area contributed by atoms with Crippen LogP contribution in [0.1, 0.15) is 52.8 Å². The molecule has 0 atom stereocenters. The van der Waals surface area contributed by atoms with Gasteiger partial charge in [-0.05, 0) is 61.4 Å². The molecule has 0 unspecified atom stereocenters. The van der Waals surface area contributed by atoms with Crippen LogP contribution in [-0.4, -0.2) is 31.3 Å². The Morgan fingerprint density at radius 1 is 0.742 bits per heavy atom. The standard InChI is InChI=1S/C22H24ClF3N2O3/c23-18-10-6-16(7-11-18)20(29)27-14-4-2-1-3-5-15-28-21(30)17-8-12-19(13-9-17)31-22(24,25)26/h6-13H,1-5,14-15H2,(H,27,29)(H,28,30).